The largest absolute Gasteiger partial charge is 0.392 e. The van der Waals surface area contributed by atoms with Gasteiger partial charge in [0.15, 0.2) is 0 Å². The molecule has 0 aromatic rings. The molecule has 0 radical (unpaired) electrons. The van der Waals surface area contributed by atoms with Gasteiger partial charge in [0, 0.05) is 29.3 Å². The van der Waals surface area contributed by atoms with Gasteiger partial charge in [-0.05, 0) is 32.8 Å². The summed E-state index contributed by atoms with van der Waals surface area (Å²) < 4.78 is 62.8. The summed E-state index contributed by atoms with van der Waals surface area (Å²) >= 11 is 2.02. The highest BCUT2D eigenvalue weighted by atomic mass is 127. The number of carbonyl (C=O) groups is 1. The Balaban J connectivity index is 2.53. The Morgan fingerprint density at radius 1 is 1.30 bits per heavy atom. The van der Waals surface area contributed by atoms with Crippen molar-refractivity contribution in [3.63, 3.8) is 0 Å². The van der Waals surface area contributed by atoms with E-state index in [4.69, 9.17) is 0 Å². The van der Waals surface area contributed by atoms with E-state index in [1.807, 2.05) is 22.6 Å². The zero-order valence-electron chi connectivity index (χ0n) is 15.2. The molecule has 11 heteroatoms. The number of alkyl halides is 4. The van der Waals surface area contributed by atoms with Gasteiger partial charge in [0.1, 0.15) is 0 Å². The van der Waals surface area contributed by atoms with Gasteiger partial charge in [0.05, 0.1) is 11.7 Å². The van der Waals surface area contributed by atoms with Gasteiger partial charge in [-0.1, -0.05) is 34.7 Å². The summed E-state index contributed by atoms with van der Waals surface area (Å²) in [5, 5.41) is 4.79. The number of halogens is 4. The number of allylic oxidation sites excluding steroid dienone is 3. The fourth-order valence-electron chi connectivity index (χ4n) is 2.47. The summed E-state index contributed by atoms with van der Waals surface area (Å²) in [7, 11) is -3.31. The maximum Gasteiger partial charge on any atom is 0.392 e. The third-order valence-corrected chi connectivity index (χ3v) is 6.66. The van der Waals surface area contributed by atoms with Gasteiger partial charge in [-0.3, -0.25) is 0 Å². The molecule has 0 atom stereocenters. The number of piperidine rings is 1. The molecule has 0 bridgehead atoms. The van der Waals surface area contributed by atoms with Crippen molar-refractivity contribution in [2.45, 2.75) is 50.6 Å². The second-order valence-electron chi connectivity index (χ2n) is 6.40. The molecule has 6 nitrogen and oxygen atoms in total. The number of nitrogens with zero attached hydrogens (tertiary/aromatic N) is 1. The van der Waals surface area contributed by atoms with E-state index in [1.165, 1.54) is 10.4 Å². The lowest BCUT2D eigenvalue weighted by atomic mass is 10.1. The van der Waals surface area contributed by atoms with Crippen LogP contribution in [0.2, 0.25) is 0 Å². The fourth-order valence-corrected chi connectivity index (χ4v) is 4.26. The van der Waals surface area contributed by atoms with Crippen LogP contribution in [-0.4, -0.2) is 53.7 Å². The van der Waals surface area contributed by atoms with Crippen LogP contribution in [0.4, 0.5) is 18.0 Å². The third kappa shape index (κ3) is 8.81. The highest BCUT2D eigenvalue weighted by molar-refractivity contribution is 14.1. The predicted octanol–water partition coefficient (Wildman–Crippen LogP) is 3.32. The van der Waals surface area contributed by atoms with E-state index in [0.717, 1.165) is 6.08 Å². The maximum atomic E-state index is 12.2. The van der Waals surface area contributed by atoms with Gasteiger partial charge in [-0.25, -0.2) is 17.5 Å². The first kappa shape index (κ1) is 24.2. The van der Waals surface area contributed by atoms with Crippen molar-refractivity contribution in [3.8, 4) is 0 Å². The van der Waals surface area contributed by atoms with Crippen LogP contribution < -0.4 is 10.6 Å². The summed E-state index contributed by atoms with van der Waals surface area (Å²) in [6, 6.07) is -0.712. The van der Waals surface area contributed by atoms with Gasteiger partial charge in [-0.15, -0.1) is 0 Å². The van der Waals surface area contributed by atoms with Crippen molar-refractivity contribution in [3.05, 3.63) is 23.9 Å². The molecule has 2 N–H and O–H groups in total. The number of hydrogen-bond donors (Lipinski definition) is 2. The van der Waals surface area contributed by atoms with Crippen LogP contribution in [-0.2, 0) is 10.0 Å². The molecule has 1 saturated heterocycles. The Morgan fingerprint density at radius 3 is 2.37 bits per heavy atom. The van der Waals surface area contributed by atoms with Gasteiger partial charge >= 0.3 is 12.2 Å². The van der Waals surface area contributed by atoms with Crippen LogP contribution in [0.1, 0.15) is 33.1 Å². The lowest BCUT2D eigenvalue weighted by Gasteiger charge is -2.32. The number of hydrogen-bond acceptors (Lipinski definition) is 3. The highest BCUT2D eigenvalue weighted by Crippen LogP contribution is 2.20. The van der Waals surface area contributed by atoms with Crippen molar-refractivity contribution in [1.29, 1.82) is 0 Å². The first-order valence-corrected chi connectivity index (χ1v) is 11.5. The molecular formula is C16H25F3IN3O3S. The number of rotatable bonds is 7. The molecule has 2 amide bonds. The molecule has 0 unspecified atom stereocenters. The zero-order chi connectivity index (χ0) is 20.7. The van der Waals surface area contributed by atoms with Crippen molar-refractivity contribution in [2.75, 3.05) is 17.5 Å². The molecule has 0 aromatic heterocycles. The fraction of sp³-hybridized carbons (Fsp3) is 0.688. The summed E-state index contributed by atoms with van der Waals surface area (Å²) in [6.45, 7) is 3.90. The Hall–Kier alpha value is -0.820. The standard InChI is InChI=1S/C16H25F3IN3O3S/c1-12(2)27(25,26)23-10-6-14(7-11-23)22-15(24)21-13(5-9-20)4-3-8-16(17,18)19/h3-5,12,14H,6-11H2,1-2H3,(H2,21,22,24)/b4-3-,13-5+. The van der Waals surface area contributed by atoms with E-state index in [2.05, 4.69) is 10.6 Å². The molecule has 1 aliphatic heterocycles. The zero-order valence-corrected chi connectivity index (χ0v) is 18.2. The molecule has 1 rings (SSSR count). The molecule has 1 fully saturated rings. The summed E-state index contributed by atoms with van der Waals surface area (Å²) in [5.74, 6) is 0. The molecule has 156 valence electrons. The Bertz CT molecular complexity index is 656. The molecule has 0 aliphatic carbocycles. The van der Waals surface area contributed by atoms with Crippen molar-refractivity contribution in [2.24, 2.45) is 0 Å². The van der Waals surface area contributed by atoms with E-state index in [9.17, 15) is 26.4 Å². The number of sulfonamides is 1. The Morgan fingerprint density at radius 2 is 1.89 bits per heavy atom. The minimum Gasteiger partial charge on any atom is -0.335 e. The van der Waals surface area contributed by atoms with Gasteiger partial charge < -0.3 is 10.6 Å². The summed E-state index contributed by atoms with van der Waals surface area (Å²) in [5.41, 5.74) is 0.283. The third-order valence-electron chi connectivity index (χ3n) is 3.95. The van der Waals surface area contributed by atoms with Crippen LogP contribution in [0.3, 0.4) is 0 Å². The van der Waals surface area contributed by atoms with Gasteiger partial charge in [0.2, 0.25) is 10.0 Å². The van der Waals surface area contributed by atoms with Crippen LogP contribution >= 0.6 is 22.6 Å². The quantitative estimate of drug-likeness (QED) is 0.306. The predicted molar refractivity (Wildman–Crippen MR) is 107 cm³/mol. The van der Waals surface area contributed by atoms with E-state index in [-0.39, 0.29) is 11.7 Å². The number of carbonyl (C=O) groups excluding carboxylic acids is 1. The smallest absolute Gasteiger partial charge is 0.335 e. The van der Waals surface area contributed by atoms with Gasteiger partial charge in [-0.2, -0.15) is 13.2 Å². The minimum absolute atomic E-state index is 0.191. The molecule has 0 spiro atoms. The van der Waals surface area contributed by atoms with Gasteiger partial charge in [0.25, 0.3) is 0 Å². The van der Waals surface area contributed by atoms with E-state index < -0.39 is 33.9 Å². The molecule has 0 saturated carbocycles. The van der Waals surface area contributed by atoms with E-state index in [1.54, 1.807) is 19.9 Å². The maximum absolute atomic E-state index is 12.2. The summed E-state index contributed by atoms with van der Waals surface area (Å²) in [6.07, 6.45) is -0.624. The van der Waals surface area contributed by atoms with Crippen LogP contribution in [0.5, 0.6) is 0 Å². The first-order chi connectivity index (χ1) is 12.5. The minimum atomic E-state index is -4.29. The molecule has 1 heterocycles. The molecular weight excluding hydrogens is 498 g/mol. The normalized spacial score (nSPS) is 18.3. The Kier molecular flexibility index (Phi) is 9.55. The molecule has 27 heavy (non-hydrogen) atoms. The van der Waals surface area contributed by atoms with Crippen LogP contribution in [0.25, 0.3) is 0 Å². The summed E-state index contributed by atoms with van der Waals surface area (Å²) in [4.78, 5) is 12.1. The lowest BCUT2D eigenvalue weighted by molar-refractivity contribution is -0.125. The first-order valence-electron chi connectivity index (χ1n) is 8.51. The van der Waals surface area contributed by atoms with Crippen LogP contribution in [0.15, 0.2) is 23.9 Å². The Labute approximate surface area is 171 Å². The number of amides is 2. The number of nitrogens with one attached hydrogen (secondary N) is 2. The monoisotopic (exact) mass is 523 g/mol. The van der Waals surface area contributed by atoms with Crippen molar-refractivity contribution >= 4 is 38.6 Å². The van der Waals surface area contributed by atoms with E-state index in [0.29, 0.717) is 30.4 Å². The van der Waals surface area contributed by atoms with Crippen molar-refractivity contribution < 1.29 is 26.4 Å². The van der Waals surface area contributed by atoms with Crippen molar-refractivity contribution in [1.82, 2.24) is 14.9 Å². The number of urea groups is 1. The second kappa shape index (κ2) is 10.6. The molecule has 1 aliphatic rings. The average Bonchev–Trinajstić information content (AvgIpc) is 2.54. The van der Waals surface area contributed by atoms with E-state index >= 15 is 0 Å². The second-order valence-corrected chi connectivity index (χ2v) is 9.77. The highest BCUT2D eigenvalue weighted by Gasteiger charge is 2.30. The van der Waals surface area contributed by atoms with Crippen LogP contribution in [0, 0.1) is 0 Å². The SMILES string of the molecule is CC(C)S(=O)(=O)N1CCC(NC(=O)NC(/C=C\CC(F)(F)F)=C/CI)CC1. The molecule has 0 aromatic carbocycles. The average molecular weight is 523 g/mol. The topological polar surface area (TPSA) is 78.5 Å². The lowest BCUT2D eigenvalue weighted by Crippen LogP contribution is -2.49.